The minimum Gasteiger partial charge on any atom is -0.357 e. The van der Waals surface area contributed by atoms with Gasteiger partial charge in [0, 0.05) is 62.3 Å². The van der Waals surface area contributed by atoms with Crippen LogP contribution >= 0.6 is 11.8 Å². The van der Waals surface area contributed by atoms with Gasteiger partial charge in [0.05, 0.1) is 0 Å². The fourth-order valence-electron chi connectivity index (χ4n) is 4.62. The first-order valence-electron chi connectivity index (χ1n) is 12.3. The molecule has 1 amide bonds. The number of rotatable bonds is 7. The third-order valence-corrected chi connectivity index (χ3v) is 7.87. The van der Waals surface area contributed by atoms with E-state index in [1.807, 2.05) is 17.0 Å². The van der Waals surface area contributed by atoms with E-state index in [1.54, 1.807) is 11.8 Å². The van der Waals surface area contributed by atoms with Crippen LogP contribution in [0, 0.1) is 0 Å². The Hall–Kier alpha value is -2.12. The molecule has 0 bridgehead atoms. The number of nitrogens with zero attached hydrogens (tertiary/aromatic N) is 5. The zero-order valence-electron chi connectivity index (χ0n) is 20.3. The fourth-order valence-corrected chi connectivity index (χ4v) is 5.45. The van der Waals surface area contributed by atoms with Crippen LogP contribution in [-0.4, -0.2) is 72.0 Å². The zero-order chi connectivity index (χ0) is 23.2. The predicted octanol–water partition coefficient (Wildman–Crippen LogP) is 4.49. The van der Waals surface area contributed by atoms with Crippen LogP contribution in [0.1, 0.15) is 60.6 Å². The number of aromatic nitrogens is 2. The Kier molecular flexibility index (Phi) is 8.25. The summed E-state index contributed by atoms with van der Waals surface area (Å²) in [4.78, 5) is 29.0. The van der Waals surface area contributed by atoms with Crippen molar-refractivity contribution >= 4 is 23.5 Å². The second-order valence-corrected chi connectivity index (χ2v) is 10.3. The summed E-state index contributed by atoms with van der Waals surface area (Å²) >= 11 is 1.67. The average Bonchev–Trinajstić information content (AvgIpc) is 2.87. The van der Waals surface area contributed by atoms with Gasteiger partial charge < -0.3 is 14.7 Å². The molecular formula is C26H37N5OS. The monoisotopic (exact) mass is 467 g/mol. The number of thioether (sulfide) groups is 1. The lowest BCUT2D eigenvalue weighted by Gasteiger charge is -2.32. The topological polar surface area (TPSA) is 52.6 Å². The number of amides is 1. The molecular weight excluding hydrogens is 430 g/mol. The van der Waals surface area contributed by atoms with Gasteiger partial charge in [0.1, 0.15) is 5.82 Å². The maximum atomic E-state index is 12.8. The van der Waals surface area contributed by atoms with Gasteiger partial charge in [0.2, 0.25) is 0 Å². The van der Waals surface area contributed by atoms with Crippen molar-refractivity contribution in [2.45, 2.75) is 62.4 Å². The highest BCUT2D eigenvalue weighted by atomic mass is 32.2. The molecule has 1 aromatic heterocycles. The first-order chi connectivity index (χ1) is 16.0. The molecule has 178 valence electrons. The Balaban J connectivity index is 1.38. The second-order valence-electron chi connectivity index (χ2n) is 9.34. The molecule has 1 aliphatic heterocycles. The maximum absolute atomic E-state index is 12.8. The normalized spacial score (nSPS) is 17.8. The van der Waals surface area contributed by atoms with Crippen molar-refractivity contribution in [1.29, 1.82) is 0 Å². The van der Waals surface area contributed by atoms with Crippen molar-refractivity contribution in [1.82, 2.24) is 19.8 Å². The van der Waals surface area contributed by atoms with E-state index in [2.05, 4.69) is 49.0 Å². The fraction of sp³-hybridized carbons (Fsp3) is 0.577. The quantitative estimate of drug-likeness (QED) is 0.442. The molecule has 0 unspecified atom stereocenters. The Labute approximate surface area is 202 Å². The van der Waals surface area contributed by atoms with Gasteiger partial charge in [0.15, 0.2) is 5.16 Å². The van der Waals surface area contributed by atoms with Crippen molar-refractivity contribution in [3.05, 3.63) is 47.2 Å². The summed E-state index contributed by atoms with van der Waals surface area (Å²) in [6, 6.07) is 10.8. The third-order valence-electron chi connectivity index (χ3n) is 6.95. The molecule has 2 aliphatic rings. The number of carbonyl (C=O) groups is 1. The molecule has 1 aliphatic carbocycles. The van der Waals surface area contributed by atoms with E-state index >= 15 is 0 Å². The summed E-state index contributed by atoms with van der Waals surface area (Å²) in [5, 5.41) is 0.838. The maximum Gasteiger partial charge on any atom is 0.253 e. The molecule has 6 nitrogen and oxygen atoms in total. The van der Waals surface area contributed by atoms with E-state index in [-0.39, 0.29) is 5.91 Å². The van der Waals surface area contributed by atoms with Gasteiger partial charge >= 0.3 is 0 Å². The zero-order valence-corrected chi connectivity index (χ0v) is 21.1. The van der Waals surface area contributed by atoms with Crippen LogP contribution in [0.25, 0.3) is 0 Å². The van der Waals surface area contributed by atoms with Crippen LogP contribution in [0.2, 0.25) is 0 Å². The minimum absolute atomic E-state index is 0.136. The molecule has 1 saturated carbocycles. The third kappa shape index (κ3) is 6.27. The molecule has 7 heteroatoms. The van der Waals surface area contributed by atoms with Gasteiger partial charge in [-0.25, -0.2) is 9.97 Å². The van der Waals surface area contributed by atoms with Gasteiger partial charge in [-0.3, -0.25) is 4.79 Å². The van der Waals surface area contributed by atoms with E-state index in [1.165, 1.54) is 37.7 Å². The van der Waals surface area contributed by atoms with E-state index in [0.29, 0.717) is 6.04 Å². The molecule has 0 atom stereocenters. The van der Waals surface area contributed by atoms with E-state index in [9.17, 15) is 4.79 Å². The van der Waals surface area contributed by atoms with Crippen LogP contribution in [0.4, 0.5) is 5.82 Å². The Bertz CT molecular complexity index is 921. The van der Waals surface area contributed by atoms with Crippen molar-refractivity contribution < 1.29 is 4.79 Å². The van der Waals surface area contributed by atoms with E-state index in [0.717, 1.165) is 60.6 Å². The molecule has 4 rings (SSSR count). The predicted molar refractivity (Wildman–Crippen MR) is 136 cm³/mol. The molecule has 1 saturated heterocycles. The SMILES string of the molecule is CCc1cc(N(C)C2CCCCC2)nc(SCc2ccc(C(=O)N3CCN(C)CC3)cc2)n1. The van der Waals surface area contributed by atoms with E-state index in [4.69, 9.17) is 9.97 Å². The standard InChI is InChI=1S/C26H37N5OS/c1-4-22-18-24(30(3)23-8-6-5-7-9-23)28-26(27-22)33-19-20-10-12-21(13-11-20)25(32)31-16-14-29(2)15-17-31/h10-13,18,23H,4-9,14-17,19H2,1-3H3. The van der Waals surface area contributed by atoms with Crippen molar-refractivity contribution in [3.8, 4) is 0 Å². The van der Waals surface area contributed by atoms with Crippen LogP contribution < -0.4 is 4.90 Å². The lowest BCUT2D eigenvalue weighted by molar-refractivity contribution is 0.0664. The molecule has 33 heavy (non-hydrogen) atoms. The largest absolute Gasteiger partial charge is 0.357 e. The smallest absolute Gasteiger partial charge is 0.253 e. The van der Waals surface area contributed by atoms with Crippen LogP contribution in [-0.2, 0) is 12.2 Å². The van der Waals surface area contributed by atoms with Crippen molar-refractivity contribution in [3.63, 3.8) is 0 Å². The average molecular weight is 468 g/mol. The Morgan fingerprint density at radius 3 is 2.42 bits per heavy atom. The molecule has 2 fully saturated rings. The van der Waals surface area contributed by atoms with Gasteiger partial charge in [-0.2, -0.15) is 0 Å². The van der Waals surface area contributed by atoms with Gasteiger partial charge in [0.25, 0.3) is 5.91 Å². The lowest BCUT2D eigenvalue weighted by atomic mass is 9.94. The number of hydrogen-bond acceptors (Lipinski definition) is 6. The molecule has 0 radical (unpaired) electrons. The summed E-state index contributed by atoms with van der Waals surface area (Å²) in [5.41, 5.74) is 3.05. The van der Waals surface area contributed by atoms with Gasteiger partial charge in [-0.1, -0.05) is 50.1 Å². The summed E-state index contributed by atoms with van der Waals surface area (Å²) in [5.74, 6) is 1.98. The molecule has 0 N–H and O–H groups in total. The number of hydrogen-bond donors (Lipinski definition) is 0. The highest BCUT2D eigenvalue weighted by Crippen LogP contribution is 2.28. The summed E-state index contributed by atoms with van der Waals surface area (Å²) in [6.07, 6.45) is 7.40. The summed E-state index contributed by atoms with van der Waals surface area (Å²) < 4.78 is 0. The lowest BCUT2D eigenvalue weighted by Crippen LogP contribution is -2.47. The molecule has 2 heterocycles. The Morgan fingerprint density at radius 2 is 1.76 bits per heavy atom. The number of anilines is 1. The summed E-state index contributed by atoms with van der Waals surface area (Å²) in [6.45, 7) is 5.63. The van der Waals surface area contributed by atoms with Gasteiger partial charge in [-0.05, 0) is 44.0 Å². The number of benzene rings is 1. The number of carbonyl (C=O) groups excluding carboxylic acids is 1. The first kappa shape index (κ1) is 24.0. The van der Waals surface area contributed by atoms with Crippen LogP contribution in [0.5, 0.6) is 0 Å². The minimum atomic E-state index is 0.136. The van der Waals surface area contributed by atoms with Gasteiger partial charge in [-0.15, -0.1) is 0 Å². The molecule has 0 spiro atoms. The number of aryl methyl sites for hydroxylation is 1. The van der Waals surface area contributed by atoms with Crippen LogP contribution in [0.3, 0.4) is 0 Å². The van der Waals surface area contributed by atoms with Crippen molar-refractivity contribution in [2.75, 3.05) is 45.2 Å². The summed E-state index contributed by atoms with van der Waals surface area (Å²) in [7, 11) is 4.29. The van der Waals surface area contributed by atoms with E-state index < -0.39 is 0 Å². The highest BCUT2D eigenvalue weighted by Gasteiger charge is 2.21. The molecule has 1 aromatic carbocycles. The van der Waals surface area contributed by atoms with Crippen LogP contribution in [0.15, 0.2) is 35.5 Å². The number of likely N-dealkylation sites (N-methyl/N-ethyl adjacent to an activating group) is 1. The second kappa shape index (κ2) is 11.3. The first-order valence-corrected chi connectivity index (χ1v) is 13.3. The van der Waals surface area contributed by atoms with Crippen molar-refractivity contribution in [2.24, 2.45) is 0 Å². The highest BCUT2D eigenvalue weighted by molar-refractivity contribution is 7.98. The molecule has 2 aromatic rings. The Morgan fingerprint density at radius 1 is 1.06 bits per heavy atom. The number of piperazine rings is 1.